The molecule has 1 aliphatic rings. The van der Waals surface area contributed by atoms with Gasteiger partial charge in [-0.15, -0.1) is 0 Å². The van der Waals surface area contributed by atoms with Gasteiger partial charge < -0.3 is 4.74 Å². The normalized spacial score (nSPS) is 17.9. The third-order valence-electron chi connectivity index (χ3n) is 1.12. The fourth-order valence-electron chi connectivity index (χ4n) is 0.576. The standard InChI is InChI=1S/C5H8N2O2/c1-2-7-3-6-4-9-5(7)8/h4H,2-3H2,1H3. The molecule has 0 N–H and O–H groups in total. The van der Waals surface area contributed by atoms with Crippen LogP contribution in [0.15, 0.2) is 4.99 Å². The number of carbonyl (C=O) groups is 1. The molecule has 1 aliphatic heterocycles. The maximum absolute atomic E-state index is 10.6. The molecule has 0 radical (unpaired) electrons. The molecule has 0 spiro atoms. The first-order valence-corrected chi connectivity index (χ1v) is 2.78. The van der Waals surface area contributed by atoms with Crippen molar-refractivity contribution < 1.29 is 9.53 Å². The highest BCUT2D eigenvalue weighted by Crippen LogP contribution is 1.96. The van der Waals surface area contributed by atoms with E-state index in [1.807, 2.05) is 6.92 Å². The zero-order valence-corrected chi connectivity index (χ0v) is 5.20. The molecule has 0 saturated carbocycles. The Hall–Kier alpha value is -1.06. The van der Waals surface area contributed by atoms with E-state index in [2.05, 4.69) is 9.73 Å². The van der Waals surface area contributed by atoms with E-state index >= 15 is 0 Å². The molecule has 0 atom stereocenters. The molecule has 0 aromatic carbocycles. The van der Waals surface area contributed by atoms with Gasteiger partial charge in [-0.25, -0.2) is 9.79 Å². The Morgan fingerprint density at radius 1 is 2.00 bits per heavy atom. The summed E-state index contributed by atoms with van der Waals surface area (Å²) in [7, 11) is 0. The van der Waals surface area contributed by atoms with Gasteiger partial charge in [0.25, 0.3) is 0 Å². The lowest BCUT2D eigenvalue weighted by Gasteiger charge is -2.18. The summed E-state index contributed by atoms with van der Waals surface area (Å²) in [6, 6.07) is 0. The predicted molar refractivity (Wildman–Crippen MR) is 32.2 cm³/mol. The molecule has 1 rings (SSSR count). The van der Waals surface area contributed by atoms with Gasteiger partial charge in [-0.1, -0.05) is 0 Å². The highest BCUT2D eigenvalue weighted by atomic mass is 16.6. The fraction of sp³-hybridized carbons (Fsp3) is 0.600. The van der Waals surface area contributed by atoms with Crippen LogP contribution in [0.4, 0.5) is 4.79 Å². The van der Waals surface area contributed by atoms with Crippen molar-refractivity contribution in [2.45, 2.75) is 6.92 Å². The van der Waals surface area contributed by atoms with Crippen molar-refractivity contribution in [3.63, 3.8) is 0 Å². The summed E-state index contributed by atoms with van der Waals surface area (Å²) >= 11 is 0. The summed E-state index contributed by atoms with van der Waals surface area (Å²) in [6.07, 6.45) is 0.863. The largest absolute Gasteiger partial charge is 0.417 e. The number of hydrogen-bond donors (Lipinski definition) is 0. The molecule has 1 heterocycles. The highest BCUT2D eigenvalue weighted by molar-refractivity contribution is 5.78. The summed E-state index contributed by atoms with van der Waals surface area (Å²) in [4.78, 5) is 15.9. The van der Waals surface area contributed by atoms with E-state index in [0.717, 1.165) is 0 Å². The van der Waals surface area contributed by atoms with Crippen molar-refractivity contribution in [2.75, 3.05) is 13.2 Å². The van der Waals surface area contributed by atoms with E-state index in [0.29, 0.717) is 13.2 Å². The van der Waals surface area contributed by atoms with Crippen molar-refractivity contribution in [1.82, 2.24) is 4.90 Å². The van der Waals surface area contributed by atoms with Gasteiger partial charge in [-0.3, -0.25) is 4.90 Å². The minimum atomic E-state index is -0.312. The maximum atomic E-state index is 10.6. The van der Waals surface area contributed by atoms with Gasteiger partial charge in [0.1, 0.15) is 6.67 Å². The average molecular weight is 128 g/mol. The summed E-state index contributed by atoms with van der Waals surface area (Å²) < 4.78 is 4.48. The minimum Gasteiger partial charge on any atom is -0.398 e. The molecule has 4 heteroatoms. The Morgan fingerprint density at radius 3 is 3.22 bits per heavy atom. The maximum Gasteiger partial charge on any atom is 0.417 e. The topological polar surface area (TPSA) is 41.9 Å². The van der Waals surface area contributed by atoms with E-state index in [1.54, 1.807) is 0 Å². The van der Waals surface area contributed by atoms with Crippen molar-refractivity contribution in [1.29, 1.82) is 0 Å². The van der Waals surface area contributed by atoms with Crippen LogP contribution in [0.3, 0.4) is 0 Å². The van der Waals surface area contributed by atoms with Crippen molar-refractivity contribution >= 4 is 12.5 Å². The number of amides is 1. The number of rotatable bonds is 1. The van der Waals surface area contributed by atoms with Crippen LogP contribution in [0.2, 0.25) is 0 Å². The molecular formula is C5H8N2O2. The molecule has 0 bridgehead atoms. The fourth-order valence-corrected chi connectivity index (χ4v) is 0.576. The Labute approximate surface area is 53.1 Å². The monoisotopic (exact) mass is 128 g/mol. The minimum absolute atomic E-state index is 0.312. The lowest BCUT2D eigenvalue weighted by atomic mass is 10.6. The molecule has 0 fully saturated rings. The lowest BCUT2D eigenvalue weighted by molar-refractivity contribution is 0.147. The van der Waals surface area contributed by atoms with Crippen LogP contribution in [-0.4, -0.2) is 30.6 Å². The van der Waals surface area contributed by atoms with E-state index in [9.17, 15) is 4.79 Å². The predicted octanol–water partition coefficient (Wildman–Crippen LogP) is 0.444. The highest BCUT2D eigenvalue weighted by Gasteiger charge is 2.13. The molecule has 0 unspecified atom stereocenters. The number of ether oxygens (including phenoxy) is 1. The van der Waals surface area contributed by atoms with Crippen LogP contribution in [0.5, 0.6) is 0 Å². The third kappa shape index (κ3) is 1.19. The summed E-state index contributed by atoms with van der Waals surface area (Å²) in [6.45, 7) is 2.95. The zero-order valence-electron chi connectivity index (χ0n) is 5.20. The molecule has 0 aromatic rings. The second-order valence-electron chi connectivity index (χ2n) is 1.67. The SMILES string of the molecule is CCN1CN=COC1=O. The first-order chi connectivity index (χ1) is 4.34. The number of cyclic esters (lactones) is 1. The van der Waals surface area contributed by atoms with Crippen LogP contribution in [0.25, 0.3) is 0 Å². The van der Waals surface area contributed by atoms with Gasteiger partial charge in [-0.05, 0) is 6.92 Å². The third-order valence-corrected chi connectivity index (χ3v) is 1.12. The Bertz CT molecular complexity index is 144. The Kier molecular flexibility index (Phi) is 1.67. The van der Waals surface area contributed by atoms with Crippen LogP contribution in [-0.2, 0) is 4.74 Å². The number of carbonyl (C=O) groups excluding carboxylic acids is 1. The summed E-state index contributed by atoms with van der Waals surface area (Å²) in [5.74, 6) is 0. The number of aliphatic imine (C=N–C) groups is 1. The van der Waals surface area contributed by atoms with Crippen molar-refractivity contribution in [3.8, 4) is 0 Å². The van der Waals surface area contributed by atoms with E-state index < -0.39 is 0 Å². The average Bonchev–Trinajstić information content (AvgIpc) is 1.89. The molecule has 4 nitrogen and oxygen atoms in total. The molecule has 1 amide bonds. The Morgan fingerprint density at radius 2 is 2.78 bits per heavy atom. The van der Waals surface area contributed by atoms with Crippen molar-refractivity contribution in [2.24, 2.45) is 4.99 Å². The quantitative estimate of drug-likeness (QED) is 0.514. The zero-order chi connectivity index (χ0) is 6.69. The Balaban J connectivity index is 2.53. The summed E-state index contributed by atoms with van der Waals surface area (Å²) in [5.41, 5.74) is 0. The van der Waals surface area contributed by atoms with Crippen molar-refractivity contribution in [3.05, 3.63) is 0 Å². The number of nitrogens with zero attached hydrogens (tertiary/aromatic N) is 2. The molecule has 9 heavy (non-hydrogen) atoms. The number of hydrogen-bond acceptors (Lipinski definition) is 3. The second-order valence-corrected chi connectivity index (χ2v) is 1.67. The molecular weight excluding hydrogens is 120 g/mol. The molecule has 0 saturated heterocycles. The van der Waals surface area contributed by atoms with Crippen LogP contribution < -0.4 is 0 Å². The second kappa shape index (κ2) is 2.48. The van der Waals surface area contributed by atoms with Crippen LogP contribution in [0.1, 0.15) is 6.92 Å². The summed E-state index contributed by atoms with van der Waals surface area (Å²) in [5, 5.41) is 0. The van der Waals surface area contributed by atoms with E-state index in [4.69, 9.17) is 0 Å². The molecule has 0 aromatic heterocycles. The molecule has 50 valence electrons. The first kappa shape index (κ1) is 6.07. The van der Waals surface area contributed by atoms with Crippen LogP contribution in [0, 0.1) is 0 Å². The van der Waals surface area contributed by atoms with Gasteiger partial charge in [-0.2, -0.15) is 0 Å². The smallest absolute Gasteiger partial charge is 0.398 e. The van der Waals surface area contributed by atoms with Gasteiger partial charge in [0.05, 0.1) is 0 Å². The van der Waals surface area contributed by atoms with E-state index in [1.165, 1.54) is 11.3 Å². The first-order valence-electron chi connectivity index (χ1n) is 2.78. The van der Waals surface area contributed by atoms with Crippen LogP contribution >= 0.6 is 0 Å². The van der Waals surface area contributed by atoms with Gasteiger partial charge in [0.15, 0.2) is 6.40 Å². The van der Waals surface area contributed by atoms with E-state index in [-0.39, 0.29) is 6.09 Å². The lowest BCUT2D eigenvalue weighted by Crippen LogP contribution is -2.34. The van der Waals surface area contributed by atoms with Gasteiger partial charge in [0, 0.05) is 6.54 Å². The molecule has 0 aliphatic carbocycles. The van der Waals surface area contributed by atoms with Gasteiger partial charge in [0.2, 0.25) is 0 Å². The van der Waals surface area contributed by atoms with Gasteiger partial charge >= 0.3 is 6.09 Å².